The quantitative estimate of drug-likeness (QED) is 0.872. The summed E-state index contributed by atoms with van der Waals surface area (Å²) in [5.41, 5.74) is 1.13. The second-order valence-electron chi connectivity index (χ2n) is 5.63. The predicted molar refractivity (Wildman–Crippen MR) is 80.0 cm³/mol. The second-order valence-corrected chi connectivity index (χ2v) is 5.63. The van der Waals surface area contributed by atoms with Gasteiger partial charge in [-0.05, 0) is 50.6 Å². The van der Waals surface area contributed by atoms with E-state index in [2.05, 4.69) is 5.32 Å². The Balaban J connectivity index is 1.74. The summed E-state index contributed by atoms with van der Waals surface area (Å²) >= 11 is 0. The van der Waals surface area contributed by atoms with Crippen LogP contribution in [0.25, 0.3) is 0 Å². The summed E-state index contributed by atoms with van der Waals surface area (Å²) in [5, 5.41) is 3.43. The lowest BCUT2D eigenvalue weighted by atomic mass is 10.0. The largest absolute Gasteiger partial charge is 0.494 e. The van der Waals surface area contributed by atoms with Gasteiger partial charge < -0.3 is 10.1 Å². The van der Waals surface area contributed by atoms with Crippen LogP contribution in [0.15, 0.2) is 24.3 Å². The monoisotopic (exact) mass is 316 g/mol. The van der Waals surface area contributed by atoms with Gasteiger partial charge in [-0.3, -0.25) is 4.90 Å². The van der Waals surface area contributed by atoms with E-state index in [9.17, 15) is 13.2 Å². The molecule has 1 aromatic rings. The first-order chi connectivity index (χ1) is 10.5. The molecule has 0 spiro atoms. The third-order valence-corrected chi connectivity index (χ3v) is 3.79. The Labute approximate surface area is 129 Å². The van der Waals surface area contributed by atoms with Crippen LogP contribution in [0.5, 0.6) is 5.75 Å². The average Bonchev–Trinajstić information content (AvgIpc) is 2.46. The molecule has 0 amide bonds. The number of hydrogen-bond acceptors (Lipinski definition) is 3. The number of alkyl halides is 3. The van der Waals surface area contributed by atoms with Crippen molar-refractivity contribution in [2.45, 2.75) is 38.5 Å². The van der Waals surface area contributed by atoms with E-state index in [1.54, 1.807) is 0 Å². The van der Waals surface area contributed by atoms with Gasteiger partial charge in [-0.15, -0.1) is 0 Å². The van der Waals surface area contributed by atoms with Crippen LogP contribution in [0, 0.1) is 0 Å². The number of rotatable bonds is 6. The van der Waals surface area contributed by atoms with Crippen molar-refractivity contribution in [3.05, 3.63) is 29.8 Å². The van der Waals surface area contributed by atoms with E-state index >= 15 is 0 Å². The summed E-state index contributed by atoms with van der Waals surface area (Å²) in [6.45, 7) is 3.49. The summed E-state index contributed by atoms with van der Waals surface area (Å²) in [4.78, 5) is 1.48. The lowest BCUT2D eigenvalue weighted by Gasteiger charge is -2.32. The smallest absolute Gasteiger partial charge is 0.401 e. The fraction of sp³-hybridized carbons (Fsp3) is 0.625. The fourth-order valence-electron chi connectivity index (χ4n) is 2.72. The molecule has 2 rings (SSSR count). The number of ether oxygens (including phenoxy) is 1. The predicted octanol–water partition coefficient (Wildman–Crippen LogP) is 3.20. The zero-order chi connectivity index (χ0) is 16.0. The van der Waals surface area contributed by atoms with Gasteiger partial charge in [-0.2, -0.15) is 13.2 Å². The third kappa shape index (κ3) is 5.85. The van der Waals surface area contributed by atoms with Crippen LogP contribution >= 0.6 is 0 Å². The molecule has 0 radical (unpaired) electrons. The molecule has 1 fully saturated rings. The van der Waals surface area contributed by atoms with E-state index in [1.807, 2.05) is 31.2 Å². The zero-order valence-electron chi connectivity index (χ0n) is 12.8. The van der Waals surface area contributed by atoms with Crippen LogP contribution in [0.2, 0.25) is 0 Å². The van der Waals surface area contributed by atoms with Crippen molar-refractivity contribution in [2.24, 2.45) is 0 Å². The van der Waals surface area contributed by atoms with Gasteiger partial charge in [0.2, 0.25) is 0 Å². The van der Waals surface area contributed by atoms with Gasteiger partial charge in [0.15, 0.2) is 0 Å². The first-order valence-electron chi connectivity index (χ1n) is 7.70. The van der Waals surface area contributed by atoms with Gasteiger partial charge in [-0.25, -0.2) is 0 Å². The van der Waals surface area contributed by atoms with Gasteiger partial charge in [0.25, 0.3) is 0 Å². The number of halogens is 3. The molecule has 1 N–H and O–H groups in total. The molecule has 0 unspecified atom stereocenters. The second kappa shape index (κ2) is 7.83. The standard InChI is InChI=1S/C16H23F3N2O/c1-2-22-15-5-3-4-13(10-15)11-20-14-6-8-21(9-7-14)12-16(17,18)19/h3-5,10,14,20H,2,6-9,11-12H2,1H3. The van der Waals surface area contributed by atoms with Crippen LogP contribution in [-0.2, 0) is 6.54 Å². The lowest BCUT2D eigenvalue weighted by molar-refractivity contribution is -0.148. The molecule has 124 valence electrons. The maximum atomic E-state index is 12.3. The highest BCUT2D eigenvalue weighted by Gasteiger charge is 2.32. The Morgan fingerprint density at radius 1 is 1.27 bits per heavy atom. The maximum Gasteiger partial charge on any atom is 0.401 e. The number of nitrogens with zero attached hydrogens (tertiary/aromatic N) is 1. The third-order valence-electron chi connectivity index (χ3n) is 3.79. The van der Waals surface area contributed by atoms with Gasteiger partial charge in [0, 0.05) is 12.6 Å². The summed E-state index contributed by atoms with van der Waals surface area (Å²) in [5.74, 6) is 0.849. The maximum absolute atomic E-state index is 12.3. The SMILES string of the molecule is CCOc1cccc(CNC2CCN(CC(F)(F)F)CC2)c1. The van der Waals surface area contributed by atoms with Gasteiger partial charge in [0.05, 0.1) is 13.2 Å². The minimum absolute atomic E-state index is 0.278. The Kier molecular flexibility index (Phi) is 6.08. The first-order valence-corrected chi connectivity index (χ1v) is 7.70. The van der Waals surface area contributed by atoms with Crippen molar-refractivity contribution in [1.82, 2.24) is 10.2 Å². The minimum Gasteiger partial charge on any atom is -0.494 e. The van der Waals surface area contributed by atoms with Crippen molar-refractivity contribution in [3.8, 4) is 5.75 Å². The van der Waals surface area contributed by atoms with Crippen LogP contribution in [0.4, 0.5) is 13.2 Å². The number of nitrogens with one attached hydrogen (secondary N) is 1. The van der Waals surface area contributed by atoms with Crippen molar-refractivity contribution in [1.29, 1.82) is 0 Å². The Morgan fingerprint density at radius 2 is 2.00 bits per heavy atom. The zero-order valence-corrected chi connectivity index (χ0v) is 12.8. The molecule has 1 saturated heterocycles. The molecule has 0 aliphatic carbocycles. The molecule has 1 aliphatic rings. The van der Waals surface area contributed by atoms with E-state index in [0.717, 1.165) is 24.2 Å². The van der Waals surface area contributed by atoms with E-state index < -0.39 is 12.7 Å². The van der Waals surface area contributed by atoms with E-state index in [-0.39, 0.29) is 6.04 Å². The first kappa shape index (κ1) is 17.1. The lowest BCUT2D eigenvalue weighted by Crippen LogP contribution is -2.45. The van der Waals surface area contributed by atoms with E-state index in [4.69, 9.17) is 4.74 Å². The Bertz CT molecular complexity index is 457. The highest BCUT2D eigenvalue weighted by molar-refractivity contribution is 5.28. The molecule has 1 heterocycles. The normalized spacial score (nSPS) is 17.6. The molecule has 1 aliphatic heterocycles. The molecule has 0 atom stereocenters. The van der Waals surface area contributed by atoms with Crippen molar-refractivity contribution >= 4 is 0 Å². The molecular formula is C16H23F3N2O. The summed E-state index contributed by atoms with van der Waals surface area (Å²) in [7, 11) is 0. The van der Waals surface area contributed by atoms with E-state index in [1.165, 1.54) is 4.90 Å². The highest BCUT2D eigenvalue weighted by atomic mass is 19.4. The van der Waals surface area contributed by atoms with Crippen molar-refractivity contribution in [3.63, 3.8) is 0 Å². The summed E-state index contributed by atoms with van der Waals surface area (Å²) in [6, 6.07) is 8.17. The van der Waals surface area contributed by atoms with Gasteiger partial charge >= 0.3 is 6.18 Å². The Morgan fingerprint density at radius 3 is 2.64 bits per heavy atom. The van der Waals surface area contributed by atoms with Crippen LogP contribution in [-0.4, -0.2) is 43.4 Å². The number of piperidine rings is 1. The molecule has 3 nitrogen and oxygen atoms in total. The summed E-state index contributed by atoms with van der Waals surface area (Å²) < 4.78 is 42.5. The molecule has 0 saturated carbocycles. The molecule has 1 aromatic carbocycles. The van der Waals surface area contributed by atoms with Crippen LogP contribution in [0.3, 0.4) is 0 Å². The molecule has 6 heteroatoms. The average molecular weight is 316 g/mol. The number of benzene rings is 1. The molecule has 0 bridgehead atoms. The van der Waals surface area contributed by atoms with E-state index in [0.29, 0.717) is 26.2 Å². The number of hydrogen-bond donors (Lipinski definition) is 1. The molecule has 22 heavy (non-hydrogen) atoms. The Hall–Kier alpha value is -1.27. The highest BCUT2D eigenvalue weighted by Crippen LogP contribution is 2.20. The van der Waals surface area contributed by atoms with Gasteiger partial charge in [0.1, 0.15) is 5.75 Å². The summed E-state index contributed by atoms with van der Waals surface area (Å²) in [6.07, 6.45) is -2.59. The fourth-order valence-corrected chi connectivity index (χ4v) is 2.72. The minimum atomic E-state index is -4.10. The number of likely N-dealkylation sites (tertiary alicyclic amines) is 1. The van der Waals surface area contributed by atoms with Crippen LogP contribution < -0.4 is 10.1 Å². The van der Waals surface area contributed by atoms with Crippen molar-refractivity contribution in [2.75, 3.05) is 26.2 Å². The van der Waals surface area contributed by atoms with Gasteiger partial charge in [-0.1, -0.05) is 12.1 Å². The topological polar surface area (TPSA) is 24.5 Å². The van der Waals surface area contributed by atoms with Crippen LogP contribution in [0.1, 0.15) is 25.3 Å². The van der Waals surface area contributed by atoms with Crippen molar-refractivity contribution < 1.29 is 17.9 Å². The molecule has 0 aromatic heterocycles. The molecular weight excluding hydrogens is 293 g/mol.